The molecule has 0 spiro atoms. The van der Waals surface area contributed by atoms with E-state index >= 15 is 0 Å². The molecule has 154 valence electrons. The molecule has 2 aliphatic heterocycles. The van der Waals surface area contributed by atoms with Gasteiger partial charge in [0.15, 0.2) is 16.6 Å². The molecule has 0 unspecified atom stereocenters. The summed E-state index contributed by atoms with van der Waals surface area (Å²) in [6.45, 7) is 25.0. The molecule has 0 N–H and O–H groups in total. The first-order valence-corrected chi connectivity index (χ1v) is 17.1. The van der Waals surface area contributed by atoms with Crippen molar-refractivity contribution in [1.29, 1.82) is 0 Å². The number of rotatable bonds is 6. The highest BCUT2D eigenvalue weighted by Crippen LogP contribution is 2.44. The van der Waals surface area contributed by atoms with Gasteiger partial charge in [-0.05, 0) is 36.3 Å². The molecule has 0 aromatic carbocycles. The molecule has 2 fully saturated rings. The summed E-state index contributed by atoms with van der Waals surface area (Å²) in [5.74, 6) is 3.18. The summed E-state index contributed by atoms with van der Waals surface area (Å²) in [5.41, 5.74) is 0. The van der Waals surface area contributed by atoms with Crippen LogP contribution in [0.2, 0.25) is 36.3 Å². The maximum atomic E-state index is 6.62. The Kier molecular flexibility index (Phi) is 6.91. The van der Waals surface area contributed by atoms with Crippen LogP contribution in [0.15, 0.2) is 0 Å². The molecule has 6 heteroatoms. The van der Waals surface area contributed by atoms with Crippen LogP contribution in [0, 0.1) is 11.8 Å². The van der Waals surface area contributed by atoms with Gasteiger partial charge in [-0.25, -0.2) is 0 Å². The van der Waals surface area contributed by atoms with Crippen LogP contribution in [0.4, 0.5) is 0 Å². The standard InChI is InChI=1S/C20H42O3SSi2/c1-19(2,3)25(7,8)21-11-15-16(18-14-24-13-17(15)23-18)12-22-26(9,10)20(4,5)6/h15-18H,11-14H2,1-10H3/t15-,16+,17+,18-. The average Bonchev–Trinajstić information content (AvgIpc) is 2.70. The number of thioether (sulfide) groups is 1. The van der Waals surface area contributed by atoms with Crippen molar-refractivity contribution in [3.63, 3.8) is 0 Å². The number of fused-ring (bicyclic) bond motifs is 2. The average molecular weight is 419 g/mol. The summed E-state index contributed by atoms with van der Waals surface area (Å²) < 4.78 is 19.6. The van der Waals surface area contributed by atoms with Gasteiger partial charge in [0.2, 0.25) is 0 Å². The number of ether oxygens (including phenoxy) is 1. The van der Waals surface area contributed by atoms with Crippen molar-refractivity contribution < 1.29 is 13.6 Å². The largest absolute Gasteiger partial charge is 0.416 e. The quantitative estimate of drug-likeness (QED) is 0.511. The van der Waals surface area contributed by atoms with E-state index in [2.05, 4.69) is 67.7 Å². The second-order valence-electron chi connectivity index (χ2n) is 11.2. The van der Waals surface area contributed by atoms with Gasteiger partial charge in [-0.2, -0.15) is 11.8 Å². The number of hydrogen-bond donors (Lipinski definition) is 0. The van der Waals surface area contributed by atoms with Gasteiger partial charge in [0.25, 0.3) is 0 Å². The molecule has 3 nitrogen and oxygen atoms in total. The summed E-state index contributed by atoms with van der Waals surface area (Å²) in [6, 6.07) is 0. The lowest BCUT2D eigenvalue weighted by atomic mass is 9.89. The molecule has 0 radical (unpaired) electrons. The van der Waals surface area contributed by atoms with E-state index < -0.39 is 16.6 Å². The Bertz CT molecular complexity index is 440. The molecule has 26 heavy (non-hydrogen) atoms. The van der Waals surface area contributed by atoms with Crippen LogP contribution in [0.3, 0.4) is 0 Å². The fourth-order valence-electron chi connectivity index (χ4n) is 3.11. The van der Waals surface area contributed by atoms with Gasteiger partial charge in [-0.15, -0.1) is 0 Å². The van der Waals surface area contributed by atoms with Crippen molar-refractivity contribution in [2.45, 2.75) is 90.0 Å². The van der Waals surface area contributed by atoms with Gasteiger partial charge >= 0.3 is 0 Å². The molecule has 0 saturated carbocycles. The van der Waals surface area contributed by atoms with Crippen LogP contribution >= 0.6 is 11.8 Å². The van der Waals surface area contributed by atoms with Gasteiger partial charge in [0.05, 0.1) is 12.2 Å². The Morgan fingerprint density at radius 2 is 1.12 bits per heavy atom. The minimum atomic E-state index is -1.73. The summed E-state index contributed by atoms with van der Waals surface area (Å²) in [6.07, 6.45) is 0.688. The minimum absolute atomic E-state index is 0.253. The van der Waals surface area contributed by atoms with Crippen molar-refractivity contribution in [1.82, 2.24) is 0 Å². The van der Waals surface area contributed by atoms with Crippen LogP contribution in [0.1, 0.15) is 41.5 Å². The van der Waals surface area contributed by atoms with Crippen LogP contribution < -0.4 is 0 Å². The van der Waals surface area contributed by atoms with Gasteiger partial charge in [-0.1, -0.05) is 41.5 Å². The summed E-state index contributed by atoms with van der Waals surface area (Å²) in [7, 11) is -3.46. The molecule has 2 bridgehead atoms. The molecule has 0 aromatic heterocycles. The van der Waals surface area contributed by atoms with E-state index in [1.807, 2.05) is 11.8 Å². The van der Waals surface area contributed by atoms with Gasteiger partial charge < -0.3 is 13.6 Å². The van der Waals surface area contributed by atoms with Crippen LogP contribution in [0.5, 0.6) is 0 Å². The predicted molar refractivity (Wildman–Crippen MR) is 119 cm³/mol. The first-order chi connectivity index (χ1) is 11.7. The molecular formula is C20H42O3SSi2. The Balaban J connectivity index is 2.06. The fourth-order valence-corrected chi connectivity index (χ4v) is 6.44. The zero-order valence-corrected chi connectivity index (χ0v) is 21.6. The normalized spacial score (nSPS) is 30.7. The van der Waals surface area contributed by atoms with Crippen LogP contribution in [-0.4, -0.2) is 53.6 Å². The second kappa shape index (κ2) is 7.83. The summed E-state index contributed by atoms with van der Waals surface area (Å²) in [5, 5.41) is 0.507. The third-order valence-corrected chi connectivity index (χ3v) is 17.4. The highest BCUT2D eigenvalue weighted by Gasteiger charge is 2.49. The number of hydrogen-bond acceptors (Lipinski definition) is 4. The van der Waals surface area contributed by atoms with Gasteiger partial charge in [0, 0.05) is 36.6 Å². The third-order valence-electron chi connectivity index (χ3n) is 7.30. The van der Waals surface area contributed by atoms with E-state index in [-0.39, 0.29) is 10.1 Å². The third kappa shape index (κ3) is 4.98. The molecule has 0 aromatic rings. The molecule has 2 rings (SSSR count). The zero-order chi connectivity index (χ0) is 20.0. The lowest BCUT2D eigenvalue weighted by molar-refractivity contribution is 0.0412. The maximum Gasteiger partial charge on any atom is 0.191 e. The second-order valence-corrected chi connectivity index (χ2v) is 21.9. The lowest BCUT2D eigenvalue weighted by Gasteiger charge is -2.39. The van der Waals surface area contributed by atoms with Crippen LogP contribution in [0.25, 0.3) is 0 Å². The van der Waals surface area contributed by atoms with E-state index in [9.17, 15) is 0 Å². The van der Waals surface area contributed by atoms with Crippen molar-refractivity contribution in [2.24, 2.45) is 11.8 Å². The van der Waals surface area contributed by atoms with E-state index in [0.717, 1.165) is 24.7 Å². The monoisotopic (exact) mass is 418 g/mol. The maximum absolute atomic E-state index is 6.62. The topological polar surface area (TPSA) is 27.7 Å². The lowest BCUT2D eigenvalue weighted by Crippen LogP contribution is -2.45. The Labute approximate surface area is 168 Å². The van der Waals surface area contributed by atoms with Crippen molar-refractivity contribution in [2.75, 3.05) is 24.7 Å². The first-order valence-electron chi connectivity index (χ1n) is 10.2. The van der Waals surface area contributed by atoms with E-state index in [4.69, 9.17) is 13.6 Å². The molecule has 0 amide bonds. The molecule has 2 saturated heterocycles. The van der Waals surface area contributed by atoms with Gasteiger partial charge in [0.1, 0.15) is 0 Å². The van der Waals surface area contributed by atoms with Crippen molar-refractivity contribution >= 4 is 28.4 Å². The fraction of sp³-hybridized carbons (Fsp3) is 1.00. The molecule has 0 aliphatic carbocycles. The van der Waals surface area contributed by atoms with Crippen molar-refractivity contribution in [3.05, 3.63) is 0 Å². The Morgan fingerprint density at radius 3 is 1.42 bits per heavy atom. The molecule has 2 aliphatic rings. The molecular weight excluding hydrogens is 376 g/mol. The minimum Gasteiger partial charge on any atom is -0.416 e. The summed E-state index contributed by atoms with van der Waals surface area (Å²) >= 11 is 2.05. The Hall–Kier alpha value is 0.664. The molecule has 4 atom stereocenters. The van der Waals surface area contributed by atoms with Gasteiger partial charge in [-0.3, -0.25) is 0 Å². The van der Waals surface area contributed by atoms with E-state index in [0.29, 0.717) is 24.0 Å². The Morgan fingerprint density at radius 1 is 0.769 bits per heavy atom. The summed E-state index contributed by atoms with van der Waals surface area (Å²) in [4.78, 5) is 0. The first kappa shape index (κ1) is 22.9. The van der Waals surface area contributed by atoms with Crippen LogP contribution in [-0.2, 0) is 13.6 Å². The van der Waals surface area contributed by atoms with Crippen molar-refractivity contribution in [3.8, 4) is 0 Å². The van der Waals surface area contributed by atoms with E-state index in [1.54, 1.807) is 0 Å². The highest BCUT2D eigenvalue weighted by atomic mass is 32.2. The smallest absolute Gasteiger partial charge is 0.191 e. The van der Waals surface area contributed by atoms with E-state index in [1.165, 1.54) is 0 Å². The zero-order valence-electron chi connectivity index (χ0n) is 18.8. The molecule has 2 heterocycles. The highest BCUT2D eigenvalue weighted by molar-refractivity contribution is 7.99. The SMILES string of the molecule is CC(C)(C)[Si](C)(C)OC[C@@H]1[C@H](CO[Si](C)(C)C(C)(C)C)[C@H]2CSC[C@@H]1O2. The predicted octanol–water partition coefficient (Wildman–Crippen LogP) is 5.78.